The van der Waals surface area contributed by atoms with Crippen molar-refractivity contribution in [1.82, 2.24) is 5.32 Å². The van der Waals surface area contributed by atoms with Gasteiger partial charge < -0.3 is 25.0 Å². The Kier molecular flexibility index (Phi) is 7.77. The van der Waals surface area contributed by atoms with Crippen LogP contribution in [0.3, 0.4) is 0 Å². The predicted molar refractivity (Wildman–Crippen MR) is 90.6 cm³/mol. The Hall–Kier alpha value is -1.54. The van der Waals surface area contributed by atoms with Gasteiger partial charge in [0.15, 0.2) is 12.1 Å². The van der Waals surface area contributed by atoms with Gasteiger partial charge in [-0.05, 0) is 43.9 Å². The van der Waals surface area contributed by atoms with E-state index in [0.29, 0.717) is 6.42 Å². The van der Waals surface area contributed by atoms with Gasteiger partial charge in [-0.15, -0.1) is 0 Å². The lowest BCUT2D eigenvalue weighted by molar-refractivity contribution is -0.219. The second-order valence-corrected chi connectivity index (χ2v) is 6.39. The molecular weight excluding hydrogens is 326 g/mol. The number of ketones is 1. The van der Waals surface area contributed by atoms with Gasteiger partial charge in [0.25, 0.3) is 0 Å². The number of ether oxygens (including phenoxy) is 2. The van der Waals surface area contributed by atoms with E-state index in [1.165, 1.54) is 19.3 Å². The van der Waals surface area contributed by atoms with Crippen LogP contribution in [0.4, 0.5) is 0 Å². The third-order valence-electron chi connectivity index (χ3n) is 4.58. The van der Waals surface area contributed by atoms with Gasteiger partial charge in [0, 0.05) is 13.7 Å². The number of carbonyl (C=O) groups excluding carboxylic acids is 2. The molecule has 2 aliphatic rings. The van der Waals surface area contributed by atoms with Crippen LogP contribution in [0.15, 0.2) is 24.3 Å². The molecule has 0 spiro atoms. The number of hydrogen-bond acceptors (Lipinski definition) is 6. The topological polar surface area (TPSA) is 105 Å². The van der Waals surface area contributed by atoms with Gasteiger partial charge in [0.2, 0.25) is 5.91 Å². The fourth-order valence-corrected chi connectivity index (χ4v) is 3.20. The fourth-order valence-electron chi connectivity index (χ4n) is 3.20. The quantitative estimate of drug-likeness (QED) is 0.432. The first kappa shape index (κ1) is 19.8. The zero-order valence-electron chi connectivity index (χ0n) is 14.5. The van der Waals surface area contributed by atoms with Crippen LogP contribution in [-0.2, 0) is 19.1 Å². The van der Waals surface area contributed by atoms with Gasteiger partial charge in [0.1, 0.15) is 12.2 Å². The van der Waals surface area contributed by atoms with Crippen LogP contribution in [0.5, 0.6) is 0 Å². The normalized spacial score (nSPS) is 32.0. The smallest absolute Gasteiger partial charge is 0.244 e. The monoisotopic (exact) mass is 353 g/mol. The maximum absolute atomic E-state index is 12.1. The van der Waals surface area contributed by atoms with Crippen LogP contribution in [-0.4, -0.2) is 60.2 Å². The zero-order valence-corrected chi connectivity index (χ0v) is 14.5. The Morgan fingerprint density at radius 2 is 2.24 bits per heavy atom. The predicted octanol–water partition coefficient (Wildman–Crippen LogP) is 0.457. The zero-order chi connectivity index (χ0) is 18.2. The molecule has 3 N–H and O–H groups in total. The number of hydrogen-bond donors (Lipinski definition) is 3. The molecule has 0 saturated carbocycles. The second-order valence-electron chi connectivity index (χ2n) is 6.39. The maximum Gasteiger partial charge on any atom is 0.244 e. The van der Waals surface area contributed by atoms with E-state index < -0.39 is 24.4 Å². The SMILES string of the molecule is CO[C@@H]1C=CC(=O)[C@@H]2C[C@H](NC(=O)/C=C/CCCCCO)[C@H](O)O[C@H]12. The lowest BCUT2D eigenvalue weighted by Crippen LogP contribution is -2.57. The Morgan fingerprint density at radius 1 is 1.44 bits per heavy atom. The summed E-state index contributed by atoms with van der Waals surface area (Å²) in [6.45, 7) is 0.184. The molecule has 1 saturated heterocycles. The minimum absolute atomic E-state index is 0.0797. The van der Waals surface area contributed by atoms with Gasteiger partial charge in [-0.1, -0.05) is 12.5 Å². The van der Waals surface area contributed by atoms with Crippen molar-refractivity contribution in [2.45, 2.75) is 56.6 Å². The molecule has 7 heteroatoms. The minimum atomic E-state index is -1.18. The van der Waals surface area contributed by atoms with Crippen molar-refractivity contribution in [1.29, 1.82) is 0 Å². The van der Waals surface area contributed by atoms with Crippen LogP contribution in [0.25, 0.3) is 0 Å². The van der Waals surface area contributed by atoms with Crippen LogP contribution in [0.1, 0.15) is 32.1 Å². The number of fused-ring (bicyclic) bond motifs is 1. The van der Waals surface area contributed by atoms with Crippen molar-refractivity contribution in [3.8, 4) is 0 Å². The Balaban J connectivity index is 1.84. The first-order valence-corrected chi connectivity index (χ1v) is 8.73. The molecule has 1 aliphatic heterocycles. The summed E-state index contributed by atoms with van der Waals surface area (Å²) in [5.74, 6) is -0.842. The Morgan fingerprint density at radius 3 is 2.96 bits per heavy atom. The molecule has 0 radical (unpaired) electrons. The molecule has 0 unspecified atom stereocenters. The molecule has 140 valence electrons. The molecule has 7 nitrogen and oxygen atoms in total. The molecule has 0 aromatic heterocycles. The number of aliphatic hydroxyl groups excluding tert-OH is 2. The molecule has 1 fully saturated rings. The highest BCUT2D eigenvalue weighted by molar-refractivity contribution is 5.93. The molecule has 5 atom stereocenters. The molecule has 2 rings (SSSR count). The Labute approximate surface area is 147 Å². The first-order chi connectivity index (χ1) is 12.1. The molecule has 1 aliphatic carbocycles. The number of rotatable bonds is 8. The van der Waals surface area contributed by atoms with E-state index >= 15 is 0 Å². The van der Waals surface area contributed by atoms with E-state index in [9.17, 15) is 14.7 Å². The number of methoxy groups -OCH3 is 1. The lowest BCUT2D eigenvalue weighted by Gasteiger charge is -2.42. The summed E-state index contributed by atoms with van der Waals surface area (Å²) in [6, 6.07) is -0.638. The number of carbonyl (C=O) groups is 2. The fraction of sp³-hybridized carbons (Fsp3) is 0.667. The summed E-state index contributed by atoms with van der Waals surface area (Å²) in [5.41, 5.74) is 0. The average Bonchev–Trinajstić information content (AvgIpc) is 2.59. The van der Waals surface area contributed by atoms with Gasteiger partial charge >= 0.3 is 0 Å². The van der Waals surface area contributed by atoms with Crippen molar-refractivity contribution in [3.05, 3.63) is 24.3 Å². The lowest BCUT2D eigenvalue weighted by atomic mass is 9.81. The van der Waals surface area contributed by atoms with Crippen molar-refractivity contribution < 1.29 is 29.3 Å². The minimum Gasteiger partial charge on any atom is -0.396 e. The van der Waals surface area contributed by atoms with Crippen molar-refractivity contribution >= 4 is 11.7 Å². The van der Waals surface area contributed by atoms with E-state index in [2.05, 4.69) is 5.32 Å². The molecule has 1 amide bonds. The van der Waals surface area contributed by atoms with E-state index in [1.54, 1.807) is 12.2 Å². The van der Waals surface area contributed by atoms with E-state index in [0.717, 1.165) is 25.7 Å². The van der Waals surface area contributed by atoms with Crippen LogP contribution in [0, 0.1) is 5.92 Å². The van der Waals surface area contributed by atoms with Gasteiger partial charge in [-0.3, -0.25) is 9.59 Å². The van der Waals surface area contributed by atoms with Crippen molar-refractivity contribution in [3.63, 3.8) is 0 Å². The largest absolute Gasteiger partial charge is 0.396 e. The maximum atomic E-state index is 12.1. The van der Waals surface area contributed by atoms with Crippen molar-refractivity contribution in [2.24, 2.45) is 5.92 Å². The summed E-state index contributed by atoms with van der Waals surface area (Å²) in [5, 5.41) is 21.5. The van der Waals surface area contributed by atoms with E-state index in [1.807, 2.05) is 0 Å². The highest BCUT2D eigenvalue weighted by Gasteiger charge is 2.45. The van der Waals surface area contributed by atoms with Gasteiger partial charge in [-0.2, -0.15) is 0 Å². The van der Waals surface area contributed by atoms with Crippen LogP contribution >= 0.6 is 0 Å². The summed E-state index contributed by atoms with van der Waals surface area (Å²) < 4.78 is 10.8. The second kappa shape index (κ2) is 9.82. The average molecular weight is 353 g/mol. The van der Waals surface area contributed by atoms with Gasteiger partial charge in [0.05, 0.1) is 12.0 Å². The highest BCUT2D eigenvalue weighted by Crippen LogP contribution is 2.32. The van der Waals surface area contributed by atoms with E-state index in [4.69, 9.17) is 14.6 Å². The first-order valence-electron chi connectivity index (χ1n) is 8.73. The standard InChI is InChI=1S/C18H27NO6/c1-24-15-9-8-14(21)12-11-13(18(23)25-17(12)15)19-16(22)7-5-3-2-4-6-10-20/h5,7-9,12-13,15,17-18,20,23H,2-4,6,10-11H2,1H3,(H,19,22)/b7-5+/t12-,13-,15+,17-,18+/m0/s1. The third kappa shape index (κ3) is 5.47. The van der Waals surface area contributed by atoms with Crippen molar-refractivity contribution in [2.75, 3.05) is 13.7 Å². The molecule has 1 heterocycles. The summed E-state index contributed by atoms with van der Waals surface area (Å²) >= 11 is 0. The number of aliphatic hydroxyl groups is 2. The number of amides is 1. The third-order valence-corrected chi connectivity index (χ3v) is 4.58. The molecule has 25 heavy (non-hydrogen) atoms. The van der Waals surface area contributed by atoms with Crippen LogP contribution < -0.4 is 5.32 Å². The molecule has 0 bridgehead atoms. The Bertz CT molecular complexity index is 518. The van der Waals surface area contributed by atoms with Crippen LogP contribution in [0.2, 0.25) is 0 Å². The van der Waals surface area contributed by atoms with Gasteiger partial charge in [-0.25, -0.2) is 0 Å². The summed E-state index contributed by atoms with van der Waals surface area (Å²) in [6.07, 6.45) is 7.85. The number of nitrogens with one attached hydrogen (secondary N) is 1. The molecule has 0 aromatic rings. The highest BCUT2D eigenvalue weighted by atomic mass is 16.6. The summed E-state index contributed by atoms with van der Waals surface area (Å²) in [4.78, 5) is 24.1. The summed E-state index contributed by atoms with van der Waals surface area (Å²) in [7, 11) is 1.52. The molecule has 0 aromatic carbocycles. The number of unbranched alkanes of at least 4 members (excludes halogenated alkanes) is 3. The molecular formula is C18H27NO6. The van der Waals surface area contributed by atoms with E-state index in [-0.39, 0.29) is 24.4 Å². The number of allylic oxidation sites excluding steroid dienone is 2.